The molecule has 2 fully saturated rings. The maximum absolute atomic E-state index is 6.22. The summed E-state index contributed by atoms with van der Waals surface area (Å²) in [5.41, 5.74) is 1.17. The Kier molecular flexibility index (Phi) is 5.17. The molecule has 2 aliphatic heterocycles. The van der Waals surface area contributed by atoms with Gasteiger partial charge in [0.15, 0.2) is 0 Å². The van der Waals surface area contributed by atoms with Crippen LogP contribution in [0.15, 0.2) is 36.7 Å². The number of piperidine rings is 1. The van der Waals surface area contributed by atoms with Crippen LogP contribution >= 0.6 is 11.3 Å². The number of hydrogen-bond acceptors (Lipinski definition) is 5. The molecule has 2 aromatic rings. The van der Waals surface area contributed by atoms with E-state index in [0.29, 0.717) is 6.61 Å². The van der Waals surface area contributed by atoms with Gasteiger partial charge in [-0.2, -0.15) is 0 Å². The van der Waals surface area contributed by atoms with Gasteiger partial charge in [-0.25, -0.2) is 0 Å². The fraction of sp³-hybridized carbons (Fsp3) is 0.550. The molecule has 4 nitrogen and oxygen atoms in total. The molecule has 5 heteroatoms. The van der Waals surface area contributed by atoms with E-state index in [1.165, 1.54) is 9.75 Å². The zero-order valence-electron chi connectivity index (χ0n) is 14.8. The van der Waals surface area contributed by atoms with Gasteiger partial charge >= 0.3 is 0 Å². The number of aryl methyl sites for hydroxylation is 1. The lowest BCUT2D eigenvalue weighted by atomic mass is 9.88. The van der Waals surface area contributed by atoms with Crippen LogP contribution in [-0.2, 0) is 22.6 Å². The zero-order valence-corrected chi connectivity index (χ0v) is 15.6. The lowest BCUT2D eigenvalue weighted by Gasteiger charge is -2.38. The number of hydrogen-bond donors (Lipinski definition) is 0. The van der Waals surface area contributed by atoms with Crippen molar-refractivity contribution in [2.75, 3.05) is 19.7 Å². The normalized spacial score (nSPS) is 23.3. The van der Waals surface area contributed by atoms with Crippen molar-refractivity contribution in [2.45, 2.75) is 51.0 Å². The van der Waals surface area contributed by atoms with Crippen molar-refractivity contribution in [1.29, 1.82) is 0 Å². The van der Waals surface area contributed by atoms with Gasteiger partial charge in [0.05, 0.1) is 24.9 Å². The van der Waals surface area contributed by atoms with Gasteiger partial charge in [0.25, 0.3) is 0 Å². The lowest BCUT2D eigenvalue weighted by molar-refractivity contribution is -0.0467. The highest BCUT2D eigenvalue weighted by atomic mass is 32.1. The Morgan fingerprint density at radius 1 is 1.32 bits per heavy atom. The summed E-state index contributed by atoms with van der Waals surface area (Å²) in [6.45, 7) is 6.84. The van der Waals surface area contributed by atoms with Gasteiger partial charge < -0.3 is 9.47 Å². The molecule has 2 aromatic heterocycles. The highest BCUT2D eigenvalue weighted by Crippen LogP contribution is 2.37. The number of pyridine rings is 1. The minimum Gasteiger partial charge on any atom is -0.372 e. The molecule has 25 heavy (non-hydrogen) atoms. The van der Waals surface area contributed by atoms with E-state index >= 15 is 0 Å². The standard InChI is InChI=1S/C20H26N2O2S/c1-16-4-5-19(25-16)13-22-9-6-20(7-10-22)11-18(15-24-20)23-14-17-3-2-8-21-12-17/h2-5,8,12,18H,6-7,9-11,13-15H2,1H3/t18-/m1/s1. The van der Waals surface area contributed by atoms with Crippen molar-refractivity contribution in [3.05, 3.63) is 52.0 Å². The van der Waals surface area contributed by atoms with E-state index in [1.54, 1.807) is 6.20 Å². The van der Waals surface area contributed by atoms with E-state index in [4.69, 9.17) is 9.47 Å². The molecule has 1 spiro atoms. The molecule has 0 N–H and O–H groups in total. The molecular weight excluding hydrogens is 332 g/mol. The first-order valence-corrected chi connectivity index (χ1v) is 9.95. The third-order valence-electron chi connectivity index (χ3n) is 5.33. The van der Waals surface area contributed by atoms with Crippen molar-refractivity contribution in [2.24, 2.45) is 0 Å². The van der Waals surface area contributed by atoms with Crippen molar-refractivity contribution < 1.29 is 9.47 Å². The average molecular weight is 359 g/mol. The fourth-order valence-corrected chi connectivity index (χ4v) is 4.80. The number of thiophene rings is 1. The Morgan fingerprint density at radius 3 is 2.92 bits per heavy atom. The summed E-state index contributed by atoms with van der Waals surface area (Å²) in [4.78, 5) is 9.57. The summed E-state index contributed by atoms with van der Waals surface area (Å²) in [7, 11) is 0. The van der Waals surface area contributed by atoms with Crippen LogP contribution in [0.5, 0.6) is 0 Å². The smallest absolute Gasteiger partial charge is 0.0840 e. The van der Waals surface area contributed by atoms with Gasteiger partial charge in [-0.05, 0) is 43.5 Å². The second-order valence-electron chi connectivity index (χ2n) is 7.28. The fourth-order valence-electron chi connectivity index (χ4n) is 3.86. The second kappa shape index (κ2) is 7.54. The maximum atomic E-state index is 6.22. The van der Waals surface area contributed by atoms with E-state index < -0.39 is 0 Å². The number of ether oxygens (including phenoxy) is 2. The van der Waals surface area contributed by atoms with E-state index in [9.17, 15) is 0 Å². The monoisotopic (exact) mass is 358 g/mol. The Morgan fingerprint density at radius 2 is 2.20 bits per heavy atom. The zero-order chi connectivity index (χ0) is 17.1. The summed E-state index contributed by atoms with van der Waals surface area (Å²) in [5.74, 6) is 0. The summed E-state index contributed by atoms with van der Waals surface area (Å²) >= 11 is 1.91. The molecule has 0 aliphatic carbocycles. The van der Waals surface area contributed by atoms with Crippen LogP contribution in [0.4, 0.5) is 0 Å². The number of likely N-dealkylation sites (tertiary alicyclic amines) is 1. The summed E-state index contributed by atoms with van der Waals surface area (Å²) < 4.78 is 12.3. The predicted molar refractivity (Wildman–Crippen MR) is 99.7 cm³/mol. The van der Waals surface area contributed by atoms with Crippen LogP contribution < -0.4 is 0 Å². The van der Waals surface area contributed by atoms with Crippen molar-refractivity contribution in [1.82, 2.24) is 9.88 Å². The molecule has 0 saturated carbocycles. The van der Waals surface area contributed by atoms with E-state index in [1.807, 2.05) is 23.6 Å². The largest absolute Gasteiger partial charge is 0.372 e. The quantitative estimate of drug-likeness (QED) is 0.814. The number of rotatable bonds is 5. The molecule has 134 valence electrons. The minimum absolute atomic E-state index is 0.0431. The predicted octanol–water partition coefficient (Wildman–Crippen LogP) is 3.79. The van der Waals surface area contributed by atoms with Gasteiger partial charge in [-0.3, -0.25) is 9.88 Å². The first-order valence-electron chi connectivity index (χ1n) is 9.13. The van der Waals surface area contributed by atoms with Gasteiger partial charge in [0.1, 0.15) is 0 Å². The van der Waals surface area contributed by atoms with E-state index in [0.717, 1.165) is 51.1 Å². The molecule has 0 aromatic carbocycles. The van der Waals surface area contributed by atoms with Crippen LogP contribution in [0.1, 0.15) is 34.6 Å². The van der Waals surface area contributed by atoms with Crippen molar-refractivity contribution in [3.63, 3.8) is 0 Å². The average Bonchev–Trinajstić information content (AvgIpc) is 3.23. The van der Waals surface area contributed by atoms with Gasteiger partial charge in [-0.1, -0.05) is 6.07 Å². The molecule has 4 heterocycles. The molecule has 0 bridgehead atoms. The van der Waals surface area contributed by atoms with Crippen molar-refractivity contribution in [3.8, 4) is 0 Å². The molecule has 2 aliphatic rings. The molecule has 4 rings (SSSR count). The van der Waals surface area contributed by atoms with Gasteiger partial charge in [0, 0.05) is 48.2 Å². The first kappa shape index (κ1) is 17.2. The third-order valence-corrected chi connectivity index (χ3v) is 6.31. The topological polar surface area (TPSA) is 34.6 Å². The van der Waals surface area contributed by atoms with Crippen LogP contribution in [0.3, 0.4) is 0 Å². The maximum Gasteiger partial charge on any atom is 0.0840 e. The second-order valence-corrected chi connectivity index (χ2v) is 8.65. The lowest BCUT2D eigenvalue weighted by Crippen LogP contribution is -2.43. The molecule has 1 atom stereocenters. The van der Waals surface area contributed by atoms with Crippen molar-refractivity contribution >= 4 is 11.3 Å². The Hall–Kier alpha value is -1.27. The number of aromatic nitrogens is 1. The number of nitrogens with zero attached hydrogens (tertiary/aromatic N) is 2. The molecule has 0 amide bonds. The Labute approximate surface area is 153 Å². The molecule has 0 radical (unpaired) electrons. The summed E-state index contributed by atoms with van der Waals surface area (Å²) in [5, 5.41) is 0. The molecule has 2 saturated heterocycles. The summed E-state index contributed by atoms with van der Waals surface area (Å²) in [6, 6.07) is 8.49. The van der Waals surface area contributed by atoms with Gasteiger partial charge in [0.2, 0.25) is 0 Å². The van der Waals surface area contributed by atoms with E-state index in [2.05, 4.69) is 35.0 Å². The first-order chi connectivity index (χ1) is 12.2. The molecule has 0 unspecified atom stereocenters. The Balaban J connectivity index is 1.24. The minimum atomic E-state index is 0.0431. The van der Waals surface area contributed by atoms with Crippen LogP contribution in [0, 0.1) is 6.92 Å². The van der Waals surface area contributed by atoms with Crippen LogP contribution in [0.2, 0.25) is 0 Å². The van der Waals surface area contributed by atoms with E-state index in [-0.39, 0.29) is 11.7 Å². The Bertz CT molecular complexity index is 680. The summed E-state index contributed by atoms with van der Waals surface area (Å²) in [6.07, 6.45) is 7.14. The highest BCUT2D eigenvalue weighted by molar-refractivity contribution is 7.11. The van der Waals surface area contributed by atoms with Crippen LogP contribution in [-0.4, -0.2) is 41.3 Å². The molecular formula is C20H26N2O2S. The van der Waals surface area contributed by atoms with Gasteiger partial charge in [-0.15, -0.1) is 11.3 Å². The van der Waals surface area contributed by atoms with Crippen LogP contribution in [0.25, 0.3) is 0 Å². The third kappa shape index (κ3) is 4.29. The SMILES string of the molecule is Cc1ccc(CN2CCC3(CC2)C[C@@H](OCc2cccnc2)CO3)s1. The highest BCUT2D eigenvalue weighted by Gasteiger charge is 2.43.